The molecule has 0 aliphatic rings. The van der Waals surface area contributed by atoms with E-state index in [2.05, 4.69) is 25.6 Å². The van der Waals surface area contributed by atoms with Crippen molar-refractivity contribution in [1.29, 1.82) is 0 Å². The Kier molecular flexibility index (Phi) is 3.63. The molecule has 0 bridgehead atoms. The van der Waals surface area contributed by atoms with Gasteiger partial charge in [-0.15, -0.1) is 0 Å². The molecule has 0 aliphatic heterocycles. The summed E-state index contributed by atoms with van der Waals surface area (Å²) < 4.78 is 40.2. The Bertz CT molecular complexity index is 659. The molecule has 0 saturated heterocycles. The molecule has 0 aliphatic carbocycles. The minimum Gasteiger partial charge on any atom is -0.278 e. The van der Waals surface area contributed by atoms with E-state index in [1.807, 2.05) is 0 Å². The van der Waals surface area contributed by atoms with Crippen LogP contribution in [0.15, 0.2) is 52.1 Å². The number of nitrogens with zero attached hydrogens (tertiary/aromatic N) is 1. The lowest BCUT2D eigenvalue weighted by molar-refractivity contribution is 0.557. The topological polar surface area (TPSA) is 59.1 Å². The number of sulfonamides is 1. The SMILES string of the molecule is O=S(=O)(Nc1ccc(Br)cc1)c1ncccc1F. The Balaban J connectivity index is 2.33. The van der Waals surface area contributed by atoms with Gasteiger partial charge in [-0.25, -0.2) is 9.37 Å². The fraction of sp³-hybridized carbons (Fsp3) is 0. The molecular formula is C11H8BrFN2O2S. The first-order valence-electron chi connectivity index (χ1n) is 4.88. The highest BCUT2D eigenvalue weighted by atomic mass is 79.9. The second-order valence-corrected chi connectivity index (χ2v) is 5.92. The van der Waals surface area contributed by atoms with Crippen LogP contribution in [-0.2, 0) is 10.0 Å². The molecular weight excluding hydrogens is 323 g/mol. The minimum atomic E-state index is -4.01. The van der Waals surface area contributed by atoms with Gasteiger partial charge in [0, 0.05) is 16.4 Å². The van der Waals surface area contributed by atoms with Crippen molar-refractivity contribution in [1.82, 2.24) is 4.98 Å². The normalized spacial score (nSPS) is 11.2. The van der Waals surface area contributed by atoms with Gasteiger partial charge in [0.15, 0.2) is 5.82 Å². The van der Waals surface area contributed by atoms with E-state index in [9.17, 15) is 12.8 Å². The lowest BCUT2D eigenvalue weighted by Gasteiger charge is -2.07. The van der Waals surface area contributed by atoms with Gasteiger partial charge >= 0.3 is 0 Å². The number of hydrogen-bond acceptors (Lipinski definition) is 3. The summed E-state index contributed by atoms with van der Waals surface area (Å²) in [6.07, 6.45) is 1.22. The standard InChI is InChI=1S/C11H8BrFN2O2S/c12-8-3-5-9(6-4-8)15-18(16,17)11-10(13)2-1-7-14-11/h1-7,15H. The number of nitrogens with one attached hydrogen (secondary N) is 1. The Labute approximate surface area is 112 Å². The molecule has 1 aromatic carbocycles. The monoisotopic (exact) mass is 330 g/mol. The van der Waals surface area contributed by atoms with E-state index >= 15 is 0 Å². The summed E-state index contributed by atoms with van der Waals surface area (Å²) in [5, 5.41) is -0.618. The first kappa shape index (κ1) is 13.0. The van der Waals surface area contributed by atoms with Gasteiger partial charge in [-0.3, -0.25) is 4.72 Å². The molecule has 0 fully saturated rings. The van der Waals surface area contributed by atoms with E-state index in [4.69, 9.17) is 0 Å². The smallest absolute Gasteiger partial charge is 0.278 e. The zero-order chi connectivity index (χ0) is 13.2. The highest BCUT2D eigenvalue weighted by molar-refractivity contribution is 9.10. The van der Waals surface area contributed by atoms with Crippen molar-refractivity contribution < 1.29 is 12.8 Å². The average molecular weight is 331 g/mol. The molecule has 1 N–H and O–H groups in total. The predicted molar refractivity (Wildman–Crippen MR) is 69.1 cm³/mol. The first-order chi connectivity index (χ1) is 8.49. The van der Waals surface area contributed by atoms with Crippen LogP contribution >= 0.6 is 15.9 Å². The fourth-order valence-electron chi connectivity index (χ4n) is 1.29. The maximum atomic E-state index is 13.4. The van der Waals surface area contributed by atoms with Crippen LogP contribution in [0.25, 0.3) is 0 Å². The highest BCUT2D eigenvalue weighted by Crippen LogP contribution is 2.18. The Morgan fingerprint density at radius 3 is 2.44 bits per heavy atom. The number of halogens is 2. The maximum absolute atomic E-state index is 13.4. The second-order valence-electron chi connectivity index (χ2n) is 3.40. The van der Waals surface area contributed by atoms with Gasteiger partial charge in [-0.05, 0) is 36.4 Å². The minimum absolute atomic E-state index is 0.336. The van der Waals surface area contributed by atoms with Gasteiger partial charge in [-0.2, -0.15) is 8.42 Å². The van der Waals surface area contributed by atoms with Crippen LogP contribution in [0, 0.1) is 5.82 Å². The van der Waals surface area contributed by atoms with E-state index < -0.39 is 20.9 Å². The number of benzene rings is 1. The van der Waals surface area contributed by atoms with E-state index in [0.717, 1.165) is 10.5 Å². The van der Waals surface area contributed by atoms with Gasteiger partial charge in [0.25, 0.3) is 10.0 Å². The molecule has 0 amide bonds. The number of anilines is 1. The van der Waals surface area contributed by atoms with Gasteiger partial charge < -0.3 is 0 Å². The molecule has 18 heavy (non-hydrogen) atoms. The van der Waals surface area contributed by atoms with Crippen LogP contribution in [0.1, 0.15) is 0 Å². The van der Waals surface area contributed by atoms with Crippen molar-refractivity contribution in [2.24, 2.45) is 0 Å². The molecule has 0 spiro atoms. The summed E-state index contributed by atoms with van der Waals surface area (Å²) >= 11 is 3.23. The summed E-state index contributed by atoms with van der Waals surface area (Å²) in [6, 6.07) is 8.83. The summed E-state index contributed by atoms with van der Waals surface area (Å²) in [7, 11) is -4.01. The van der Waals surface area contributed by atoms with Crippen LogP contribution in [0.2, 0.25) is 0 Å². The van der Waals surface area contributed by atoms with Crippen LogP contribution in [0.5, 0.6) is 0 Å². The largest absolute Gasteiger partial charge is 0.282 e. The van der Waals surface area contributed by atoms with E-state index in [1.54, 1.807) is 24.3 Å². The van der Waals surface area contributed by atoms with Crippen LogP contribution in [0.4, 0.5) is 10.1 Å². The second kappa shape index (κ2) is 5.03. The summed E-state index contributed by atoms with van der Waals surface area (Å²) in [5.41, 5.74) is 0.336. The third kappa shape index (κ3) is 2.85. The molecule has 2 rings (SSSR count). The molecule has 1 aromatic heterocycles. The van der Waals surface area contributed by atoms with Crippen LogP contribution in [0.3, 0.4) is 0 Å². The molecule has 0 unspecified atom stereocenters. The molecule has 0 saturated carbocycles. The summed E-state index contributed by atoms with van der Waals surface area (Å²) in [6.45, 7) is 0. The molecule has 4 nitrogen and oxygen atoms in total. The van der Waals surface area contributed by atoms with Crippen molar-refractivity contribution in [3.63, 3.8) is 0 Å². The van der Waals surface area contributed by atoms with Crippen molar-refractivity contribution >= 4 is 31.6 Å². The van der Waals surface area contributed by atoms with Crippen LogP contribution < -0.4 is 4.72 Å². The first-order valence-corrected chi connectivity index (χ1v) is 7.15. The van der Waals surface area contributed by atoms with Gasteiger partial charge in [-0.1, -0.05) is 15.9 Å². The zero-order valence-corrected chi connectivity index (χ0v) is 11.4. The summed E-state index contributed by atoms with van der Waals surface area (Å²) in [5.74, 6) is -0.887. The Morgan fingerprint density at radius 2 is 1.83 bits per heavy atom. The molecule has 2 aromatic rings. The quantitative estimate of drug-likeness (QED) is 0.941. The van der Waals surface area contributed by atoms with Gasteiger partial charge in [0.2, 0.25) is 5.03 Å². The van der Waals surface area contributed by atoms with E-state index in [1.165, 1.54) is 12.3 Å². The lowest BCUT2D eigenvalue weighted by atomic mass is 10.3. The average Bonchev–Trinajstić information content (AvgIpc) is 2.32. The fourth-order valence-corrected chi connectivity index (χ4v) is 2.62. The van der Waals surface area contributed by atoms with E-state index in [0.29, 0.717) is 5.69 Å². The summed E-state index contributed by atoms with van der Waals surface area (Å²) in [4.78, 5) is 3.53. The number of hydrogen-bond donors (Lipinski definition) is 1. The van der Waals surface area contributed by atoms with Crippen LogP contribution in [-0.4, -0.2) is 13.4 Å². The van der Waals surface area contributed by atoms with Gasteiger partial charge in [0.1, 0.15) is 0 Å². The predicted octanol–water partition coefficient (Wildman–Crippen LogP) is 2.78. The molecule has 7 heteroatoms. The third-order valence-corrected chi connectivity index (χ3v) is 3.92. The molecule has 0 atom stereocenters. The Hall–Kier alpha value is -1.47. The van der Waals surface area contributed by atoms with Crippen molar-refractivity contribution in [3.8, 4) is 0 Å². The molecule has 94 valence electrons. The number of aromatic nitrogens is 1. The molecule has 0 radical (unpaired) electrons. The lowest BCUT2D eigenvalue weighted by Crippen LogP contribution is -2.16. The molecule has 1 heterocycles. The van der Waals surface area contributed by atoms with Gasteiger partial charge in [0.05, 0.1) is 0 Å². The number of pyridine rings is 1. The van der Waals surface area contributed by atoms with Crippen molar-refractivity contribution in [2.75, 3.05) is 4.72 Å². The van der Waals surface area contributed by atoms with Crippen molar-refractivity contribution in [3.05, 3.63) is 52.9 Å². The zero-order valence-electron chi connectivity index (χ0n) is 8.97. The van der Waals surface area contributed by atoms with Crippen molar-refractivity contribution in [2.45, 2.75) is 5.03 Å². The maximum Gasteiger partial charge on any atom is 0.282 e. The third-order valence-electron chi connectivity index (χ3n) is 2.08. The van der Waals surface area contributed by atoms with E-state index in [-0.39, 0.29) is 0 Å². The highest BCUT2D eigenvalue weighted by Gasteiger charge is 2.20. The number of rotatable bonds is 3. The Morgan fingerprint density at radius 1 is 1.17 bits per heavy atom.